The third-order valence-corrected chi connectivity index (χ3v) is 3.09. The van der Waals surface area contributed by atoms with Crippen LogP contribution in [0.15, 0.2) is 30.5 Å². The van der Waals surface area contributed by atoms with Crippen LogP contribution in [0.3, 0.4) is 0 Å². The summed E-state index contributed by atoms with van der Waals surface area (Å²) in [7, 11) is 0. The molecular formula is C13H12ClFN2. The maximum Gasteiger partial charge on any atom is 0.128 e. The Morgan fingerprint density at radius 2 is 2.06 bits per heavy atom. The zero-order chi connectivity index (χ0) is 12.4. The summed E-state index contributed by atoms with van der Waals surface area (Å²) in [6.45, 7) is 1.92. The van der Waals surface area contributed by atoms with E-state index in [-0.39, 0.29) is 5.82 Å². The van der Waals surface area contributed by atoms with Crippen molar-refractivity contribution in [2.75, 3.05) is 5.73 Å². The van der Waals surface area contributed by atoms with Gasteiger partial charge in [-0.1, -0.05) is 17.7 Å². The second-order valence-electron chi connectivity index (χ2n) is 3.87. The molecule has 0 atom stereocenters. The molecule has 1 aromatic carbocycles. The van der Waals surface area contributed by atoms with Crippen molar-refractivity contribution in [1.82, 2.24) is 4.98 Å². The Hall–Kier alpha value is -1.61. The SMILES string of the molecule is Cc1ccnc(N)c1Cc1c(F)cccc1Cl. The second kappa shape index (κ2) is 4.72. The van der Waals surface area contributed by atoms with Crippen LogP contribution in [0.2, 0.25) is 5.02 Å². The van der Waals surface area contributed by atoms with Gasteiger partial charge < -0.3 is 5.73 Å². The van der Waals surface area contributed by atoms with Crippen LogP contribution in [0.5, 0.6) is 0 Å². The first-order valence-corrected chi connectivity index (χ1v) is 5.60. The van der Waals surface area contributed by atoms with Gasteiger partial charge in [0.25, 0.3) is 0 Å². The molecule has 0 spiro atoms. The fourth-order valence-electron chi connectivity index (χ4n) is 1.72. The molecule has 0 bridgehead atoms. The van der Waals surface area contributed by atoms with Crippen molar-refractivity contribution in [3.8, 4) is 0 Å². The average Bonchev–Trinajstić information content (AvgIpc) is 2.27. The average molecular weight is 251 g/mol. The van der Waals surface area contributed by atoms with Gasteiger partial charge in [0, 0.05) is 28.8 Å². The van der Waals surface area contributed by atoms with E-state index in [0.717, 1.165) is 11.1 Å². The molecule has 0 unspecified atom stereocenters. The molecular weight excluding hydrogens is 239 g/mol. The van der Waals surface area contributed by atoms with E-state index >= 15 is 0 Å². The lowest BCUT2D eigenvalue weighted by Gasteiger charge is -2.10. The number of hydrogen-bond donors (Lipinski definition) is 1. The number of rotatable bonds is 2. The monoisotopic (exact) mass is 250 g/mol. The van der Waals surface area contributed by atoms with E-state index in [2.05, 4.69) is 4.98 Å². The van der Waals surface area contributed by atoms with Gasteiger partial charge in [-0.05, 0) is 30.7 Å². The van der Waals surface area contributed by atoms with E-state index in [1.54, 1.807) is 18.3 Å². The van der Waals surface area contributed by atoms with Gasteiger partial charge in [-0.15, -0.1) is 0 Å². The topological polar surface area (TPSA) is 38.9 Å². The first-order chi connectivity index (χ1) is 8.09. The van der Waals surface area contributed by atoms with E-state index < -0.39 is 0 Å². The molecule has 17 heavy (non-hydrogen) atoms. The molecule has 1 aromatic heterocycles. The van der Waals surface area contributed by atoms with Crippen LogP contribution in [-0.4, -0.2) is 4.98 Å². The minimum atomic E-state index is -0.319. The molecule has 2 aromatic rings. The first kappa shape index (κ1) is 11.9. The lowest BCUT2D eigenvalue weighted by atomic mass is 10.0. The quantitative estimate of drug-likeness (QED) is 0.888. The number of aromatic nitrogens is 1. The fraction of sp³-hybridized carbons (Fsp3) is 0.154. The van der Waals surface area contributed by atoms with Crippen LogP contribution < -0.4 is 5.73 Å². The van der Waals surface area contributed by atoms with Gasteiger partial charge in [0.2, 0.25) is 0 Å². The molecule has 0 aliphatic carbocycles. The Bertz CT molecular complexity index is 465. The maximum absolute atomic E-state index is 13.7. The molecule has 0 saturated carbocycles. The predicted octanol–water partition coefficient (Wildman–Crippen LogP) is 3.36. The van der Waals surface area contributed by atoms with Gasteiger partial charge in [0.15, 0.2) is 0 Å². The van der Waals surface area contributed by atoms with E-state index in [1.165, 1.54) is 6.07 Å². The molecule has 2 rings (SSSR count). The van der Waals surface area contributed by atoms with Crippen molar-refractivity contribution in [2.24, 2.45) is 0 Å². The molecule has 2 nitrogen and oxygen atoms in total. The van der Waals surface area contributed by atoms with Crippen LogP contribution in [-0.2, 0) is 6.42 Å². The number of pyridine rings is 1. The molecule has 0 radical (unpaired) electrons. The zero-order valence-electron chi connectivity index (χ0n) is 9.37. The summed E-state index contributed by atoms with van der Waals surface area (Å²) in [5.41, 5.74) is 8.05. The van der Waals surface area contributed by atoms with Gasteiger partial charge in [-0.2, -0.15) is 0 Å². The predicted molar refractivity (Wildman–Crippen MR) is 67.6 cm³/mol. The third-order valence-electron chi connectivity index (χ3n) is 2.74. The van der Waals surface area contributed by atoms with E-state index in [9.17, 15) is 4.39 Å². The van der Waals surface area contributed by atoms with Gasteiger partial charge in [0.1, 0.15) is 11.6 Å². The summed E-state index contributed by atoms with van der Waals surface area (Å²) in [4.78, 5) is 4.01. The Morgan fingerprint density at radius 1 is 1.29 bits per heavy atom. The molecule has 0 aliphatic heterocycles. The summed E-state index contributed by atoms with van der Waals surface area (Å²) in [6, 6.07) is 6.49. The summed E-state index contributed by atoms with van der Waals surface area (Å²) in [5, 5.41) is 0.410. The largest absolute Gasteiger partial charge is 0.383 e. The number of halogens is 2. The highest BCUT2D eigenvalue weighted by molar-refractivity contribution is 6.31. The highest BCUT2D eigenvalue weighted by atomic mass is 35.5. The highest BCUT2D eigenvalue weighted by Crippen LogP contribution is 2.25. The number of aryl methyl sites for hydroxylation is 1. The van der Waals surface area contributed by atoms with Crippen LogP contribution in [0.1, 0.15) is 16.7 Å². The zero-order valence-corrected chi connectivity index (χ0v) is 10.1. The van der Waals surface area contributed by atoms with Gasteiger partial charge in [0.05, 0.1) is 0 Å². The number of nitrogens with two attached hydrogens (primary N) is 1. The summed E-state index contributed by atoms with van der Waals surface area (Å²) < 4.78 is 13.7. The van der Waals surface area contributed by atoms with Crippen LogP contribution in [0.25, 0.3) is 0 Å². The van der Waals surface area contributed by atoms with Crippen LogP contribution in [0.4, 0.5) is 10.2 Å². The lowest BCUT2D eigenvalue weighted by molar-refractivity contribution is 0.614. The van der Waals surface area contributed by atoms with E-state index in [1.807, 2.05) is 13.0 Å². The van der Waals surface area contributed by atoms with Gasteiger partial charge in [-0.25, -0.2) is 9.37 Å². The van der Waals surface area contributed by atoms with Crippen molar-refractivity contribution in [1.29, 1.82) is 0 Å². The summed E-state index contributed by atoms with van der Waals surface area (Å²) in [5.74, 6) is 0.101. The summed E-state index contributed by atoms with van der Waals surface area (Å²) in [6.07, 6.45) is 1.99. The fourth-order valence-corrected chi connectivity index (χ4v) is 1.95. The summed E-state index contributed by atoms with van der Waals surface area (Å²) >= 11 is 5.98. The molecule has 2 N–H and O–H groups in total. The van der Waals surface area contributed by atoms with E-state index in [4.69, 9.17) is 17.3 Å². The third kappa shape index (κ3) is 2.39. The number of nitrogens with zero attached hydrogens (tertiary/aromatic N) is 1. The number of hydrogen-bond acceptors (Lipinski definition) is 2. The molecule has 0 saturated heterocycles. The van der Waals surface area contributed by atoms with Crippen LogP contribution >= 0.6 is 11.6 Å². The standard InChI is InChI=1S/C13H12ClFN2/c1-8-5-6-17-13(16)9(8)7-10-11(14)3-2-4-12(10)15/h2-6H,7H2,1H3,(H2,16,17). The lowest BCUT2D eigenvalue weighted by Crippen LogP contribution is -2.03. The highest BCUT2D eigenvalue weighted by Gasteiger charge is 2.11. The number of nitrogen functional groups attached to an aromatic ring is 1. The Morgan fingerprint density at radius 3 is 2.71 bits per heavy atom. The van der Waals surface area contributed by atoms with Crippen molar-refractivity contribution in [2.45, 2.75) is 13.3 Å². The molecule has 0 aliphatic rings. The normalized spacial score (nSPS) is 10.5. The van der Waals surface area contributed by atoms with Crippen molar-refractivity contribution >= 4 is 17.4 Å². The molecule has 4 heteroatoms. The van der Waals surface area contributed by atoms with Crippen LogP contribution in [0, 0.1) is 12.7 Å². The maximum atomic E-state index is 13.7. The molecule has 1 heterocycles. The Balaban J connectivity index is 2.45. The second-order valence-corrected chi connectivity index (χ2v) is 4.28. The Labute approximate surface area is 104 Å². The van der Waals surface area contributed by atoms with E-state index in [0.29, 0.717) is 22.8 Å². The smallest absolute Gasteiger partial charge is 0.128 e. The van der Waals surface area contributed by atoms with Crippen molar-refractivity contribution in [3.63, 3.8) is 0 Å². The Kier molecular flexibility index (Phi) is 3.29. The molecule has 0 fully saturated rings. The molecule has 88 valence electrons. The van der Waals surface area contributed by atoms with Crippen molar-refractivity contribution < 1.29 is 4.39 Å². The number of anilines is 1. The van der Waals surface area contributed by atoms with Gasteiger partial charge in [-0.3, -0.25) is 0 Å². The minimum Gasteiger partial charge on any atom is -0.383 e. The first-order valence-electron chi connectivity index (χ1n) is 5.22. The molecule has 0 amide bonds. The number of benzene rings is 1. The van der Waals surface area contributed by atoms with Gasteiger partial charge >= 0.3 is 0 Å². The minimum absolute atomic E-state index is 0.319. The van der Waals surface area contributed by atoms with Crippen molar-refractivity contribution in [3.05, 3.63) is 58.0 Å².